The number of methoxy groups -OCH3 is 1. The van der Waals surface area contributed by atoms with Crippen LogP contribution in [0.2, 0.25) is 0 Å². The Hall–Kier alpha value is -0.620. The molecule has 1 fully saturated rings. The van der Waals surface area contributed by atoms with Gasteiger partial charge in [0.2, 0.25) is 0 Å². The van der Waals surface area contributed by atoms with Crippen LogP contribution in [0.15, 0.2) is 0 Å². The Morgan fingerprint density at radius 1 is 1.42 bits per heavy atom. The maximum atomic E-state index is 11.0. The van der Waals surface area contributed by atoms with Crippen LogP contribution in [0.5, 0.6) is 0 Å². The number of hydrogen-bond acceptors (Lipinski definition) is 5. The highest BCUT2D eigenvalue weighted by molar-refractivity contribution is 7.86. The van der Waals surface area contributed by atoms with Crippen molar-refractivity contribution in [1.29, 1.82) is 0 Å². The Morgan fingerprint density at radius 2 is 1.92 bits per heavy atom. The summed E-state index contributed by atoms with van der Waals surface area (Å²) in [4.78, 5) is 11.0. The SMILES string of the molecule is COC(=O)C1(OS(C)(=O)=O)CC1. The highest BCUT2D eigenvalue weighted by Crippen LogP contribution is 2.41. The van der Waals surface area contributed by atoms with Gasteiger partial charge in [-0.3, -0.25) is 4.18 Å². The fourth-order valence-corrected chi connectivity index (χ4v) is 1.73. The number of esters is 1. The average Bonchev–Trinajstić information content (AvgIpc) is 2.64. The molecule has 0 aromatic rings. The van der Waals surface area contributed by atoms with E-state index in [4.69, 9.17) is 0 Å². The van der Waals surface area contributed by atoms with Crippen LogP contribution < -0.4 is 0 Å². The van der Waals surface area contributed by atoms with Gasteiger partial charge in [-0.2, -0.15) is 8.42 Å². The maximum absolute atomic E-state index is 11.0. The lowest BCUT2D eigenvalue weighted by molar-refractivity contribution is -0.150. The number of carbonyl (C=O) groups is 1. The molecular formula is C6H10O5S. The van der Waals surface area contributed by atoms with Crippen molar-refractivity contribution in [3.8, 4) is 0 Å². The molecule has 1 aliphatic rings. The van der Waals surface area contributed by atoms with Gasteiger partial charge in [-0.1, -0.05) is 0 Å². The van der Waals surface area contributed by atoms with Crippen molar-refractivity contribution >= 4 is 16.1 Å². The smallest absolute Gasteiger partial charge is 0.339 e. The summed E-state index contributed by atoms with van der Waals surface area (Å²) < 4.78 is 30.3. The molecule has 0 spiro atoms. The Labute approximate surface area is 70.8 Å². The van der Waals surface area contributed by atoms with E-state index in [1.54, 1.807) is 0 Å². The number of hydrogen-bond donors (Lipinski definition) is 0. The molecule has 0 saturated heterocycles. The summed E-state index contributed by atoms with van der Waals surface area (Å²) in [5.74, 6) is -0.618. The second kappa shape index (κ2) is 2.70. The van der Waals surface area contributed by atoms with Crippen LogP contribution in [0.1, 0.15) is 12.8 Å². The molecule has 0 aromatic heterocycles. The van der Waals surface area contributed by atoms with E-state index in [1.807, 2.05) is 0 Å². The molecule has 6 heteroatoms. The Morgan fingerprint density at radius 3 is 2.17 bits per heavy atom. The minimum Gasteiger partial charge on any atom is -0.467 e. The summed E-state index contributed by atoms with van der Waals surface area (Å²) in [6.45, 7) is 0. The predicted molar refractivity (Wildman–Crippen MR) is 39.9 cm³/mol. The minimum atomic E-state index is -3.58. The van der Waals surface area contributed by atoms with Crippen molar-refractivity contribution < 1.29 is 22.1 Å². The first-order valence-corrected chi connectivity index (χ1v) is 5.20. The Balaban J connectivity index is 2.69. The third-order valence-electron chi connectivity index (χ3n) is 1.57. The zero-order valence-electron chi connectivity index (χ0n) is 6.86. The van der Waals surface area contributed by atoms with Gasteiger partial charge in [-0.05, 0) is 12.8 Å². The van der Waals surface area contributed by atoms with Crippen LogP contribution >= 0.6 is 0 Å². The average molecular weight is 194 g/mol. The van der Waals surface area contributed by atoms with E-state index in [2.05, 4.69) is 8.92 Å². The molecule has 5 nitrogen and oxygen atoms in total. The monoisotopic (exact) mass is 194 g/mol. The van der Waals surface area contributed by atoms with Crippen molar-refractivity contribution in [3.63, 3.8) is 0 Å². The van der Waals surface area contributed by atoms with Crippen molar-refractivity contribution in [3.05, 3.63) is 0 Å². The van der Waals surface area contributed by atoms with Gasteiger partial charge in [0.05, 0.1) is 13.4 Å². The van der Waals surface area contributed by atoms with Gasteiger partial charge in [-0.15, -0.1) is 0 Å². The summed E-state index contributed by atoms with van der Waals surface area (Å²) in [7, 11) is -2.37. The molecule has 0 aromatic carbocycles. The summed E-state index contributed by atoms with van der Waals surface area (Å²) >= 11 is 0. The van der Waals surface area contributed by atoms with Gasteiger partial charge >= 0.3 is 5.97 Å². The lowest BCUT2D eigenvalue weighted by atomic mass is 10.4. The normalized spacial score (nSPS) is 20.2. The molecule has 0 atom stereocenters. The van der Waals surface area contributed by atoms with Gasteiger partial charge in [-0.25, -0.2) is 4.79 Å². The number of rotatable bonds is 3. The summed E-state index contributed by atoms with van der Waals surface area (Å²) in [6.07, 6.45) is 1.73. The third kappa shape index (κ3) is 1.95. The van der Waals surface area contributed by atoms with Crippen LogP contribution in [-0.2, 0) is 23.8 Å². The van der Waals surface area contributed by atoms with Crippen molar-refractivity contribution in [2.45, 2.75) is 18.4 Å². The fraction of sp³-hybridized carbons (Fsp3) is 0.833. The Kier molecular flexibility index (Phi) is 2.13. The number of ether oxygens (including phenoxy) is 1. The van der Waals surface area contributed by atoms with E-state index < -0.39 is 21.7 Å². The molecule has 1 rings (SSSR count). The lowest BCUT2D eigenvalue weighted by Crippen LogP contribution is -2.29. The molecule has 1 aliphatic carbocycles. The van der Waals surface area contributed by atoms with E-state index in [-0.39, 0.29) is 0 Å². The molecule has 1 saturated carbocycles. The molecule has 0 N–H and O–H groups in total. The van der Waals surface area contributed by atoms with Gasteiger partial charge in [0.15, 0.2) is 5.60 Å². The van der Waals surface area contributed by atoms with Crippen LogP contribution in [0.3, 0.4) is 0 Å². The molecule has 0 unspecified atom stereocenters. The second-order valence-corrected chi connectivity index (χ2v) is 4.35. The fourth-order valence-electron chi connectivity index (χ4n) is 0.911. The molecule has 0 heterocycles. The van der Waals surface area contributed by atoms with Crippen molar-refractivity contribution in [2.75, 3.05) is 13.4 Å². The third-order valence-corrected chi connectivity index (χ3v) is 2.19. The summed E-state index contributed by atoms with van der Waals surface area (Å²) in [6, 6.07) is 0. The molecule has 0 amide bonds. The second-order valence-electron chi connectivity index (χ2n) is 2.77. The first kappa shape index (κ1) is 9.47. The summed E-state index contributed by atoms with van der Waals surface area (Å²) in [5.41, 5.74) is -1.21. The maximum Gasteiger partial charge on any atom is 0.339 e. The quantitative estimate of drug-likeness (QED) is 0.454. The Bertz CT molecular complexity index is 287. The standard InChI is InChI=1S/C6H10O5S/c1-10-5(7)6(3-4-6)11-12(2,8)9/h3-4H2,1-2H3. The minimum absolute atomic E-state index is 0.409. The van der Waals surface area contributed by atoms with Crippen LogP contribution in [0.4, 0.5) is 0 Å². The van der Waals surface area contributed by atoms with E-state index in [0.717, 1.165) is 6.26 Å². The van der Waals surface area contributed by atoms with E-state index >= 15 is 0 Å². The highest BCUT2D eigenvalue weighted by atomic mass is 32.2. The molecule has 0 radical (unpaired) electrons. The van der Waals surface area contributed by atoms with Gasteiger partial charge in [0, 0.05) is 0 Å². The zero-order chi connectivity index (χ0) is 9.41. The van der Waals surface area contributed by atoms with Crippen LogP contribution in [-0.4, -0.2) is 33.4 Å². The van der Waals surface area contributed by atoms with Gasteiger partial charge in [0.1, 0.15) is 0 Å². The number of carbonyl (C=O) groups excluding carboxylic acids is 1. The first-order valence-electron chi connectivity index (χ1n) is 3.39. The predicted octanol–water partition coefficient (Wildman–Crippen LogP) is -0.332. The first-order chi connectivity index (χ1) is 5.40. The summed E-state index contributed by atoms with van der Waals surface area (Å²) in [5, 5.41) is 0. The molecular weight excluding hydrogens is 184 g/mol. The van der Waals surface area contributed by atoms with Gasteiger partial charge < -0.3 is 4.74 Å². The van der Waals surface area contributed by atoms with E-state index in [0.29, 0.717) is 12.8 Å². The zero-order valence-corrected chi connectivity index (χ0v) is 7.68. The molecule has 70 valence electrons. The lowest BCUT2D eigenvalue weighted by Gasteiger charge is -2.10. The van der Waals surface area contributed by atoms with Crippen LogP contribution in [0, 0.1) is 0 Å². The van der Waals surface area contributed by atoms with Crippen LogP contribution in [0.25, 0.3) is 0 Å². The van der Waals surface area contributed by atoms with Crippen molar-refractivity contribution in [2.24, 2.45) is 0 Å². The van der Waals surface area contributed by atoms with E-state index in [9.17, 15) is 13.2 Å². The molecule has 0 aliphatic heterocycles. The van der Waals surface area contributed by atoms with Crippen molar-refractivity contribution in [1.82, 2.24) is 0 Å². The highest BCUT2D eigenvalue weighted by Gasteiger charge is 2.55. The molecule has 0 bridgehead atoms. The largest absolute Gasteiger partial charge is 0.467 e. The van der Waals surface area contributed by atoms with Gasteiger partial charge in [0.25, 0.3) is 10.1 Å². The molecule has 12 heavy (non-hydrogen) atoms. The van der Waals surface area contributed by atoms with E-state index in [1.165, 1.54) is 7.11 Å². The topological polar surface area (TPSA) is 69.7 Å².